The molecule has 1 atom stereocenters. The highest BCUT2D eigenvalue weighted by atomic mass is 32.1. The van der Waals surface area contributed by atoms with Gasteiger partial charge in [0.1, 0.15) is 0 Å². The minimum atomic E-state index is -0.0642. The zero-order chi connectivity index (χ0) is 13.4. The molecule has 0 aliphatic carbocycles. The molecule has 0 spiro atoms. The lowest BCUT2D eigenvalue weighted by Gasteiger charge is -2.33. The lowest BCUT2D eigenvalue weighted by Crippen LogP contribution is -2.53. The van der Waals surface area contributed by atoms with Gasteiger partial charge in [0.2, 0.25) is 5.91 Å². The summed E-state index contributed by atoms with van der Waals surface area (Å²) in [5, 5.41) is 5.57. The predicted octanol–water partition coefficient (Wildman–Crippen LogP) is 2.70. The first-order chi connectivity index (χ1) is 9.16. The first kappa shape index (κ1) is 12.1. The smallest absolute Gasteiger partial charge is 0.230 e. The van der Waals surface area contributed by atoms with Gasteiger partial charge in [-0.25, -0.2) is 0 Å². The van der Waals surface area contributed by atoms with Crippen LogP contribution in [-0.2, 0) is 4.79 Å². The molecule has 1 aliphatic heterocycles. The van der Waals surface area contributed by atoms with Gasteiger partial charge in [-0.05, 0) is 23.7 Å². The summed E-state index contributed by atoms with van der Waals surface area (Å²) < 4.78 is 0. The average molecular weight is 270 g/mol. The topological polar surface area (TPSA) is 32.3 Å². The highest BCUT2D eigenvalue weighted by molar-refractivity contribution is 7.80. The minimum Gasteiger partial charge on any atom is -0.317 e. The quantitative estimate of drug-likeness (QED) is 0.809. The Labute approximate surface area is 117 Å². The van der Waals surface area contributed by atoms with E-state index in [0.29, 0.717) is 11.7 Å². The van der Waals surface area contributed by atoms with E-state index in [-0.39, 0.29) is 11.8 Å². The molecule has 1 amide bonds. The van der Waals surface area contributed by atoms with Crippen molar-refractivity contribution in [1.29, 1.82) is 0 Å². The summed E-state index contributed by atoms with van der Waals surface area (Å²) in [7, 11) is 0. The van der Waals surface area contributed by atoms with Crippen molar-refractivity contribution in [2.75, 3.05) is 11.4 Å². The van der Waals surface area contributed by atoms with Crippen molar-refractivity contribution < 1.29 is 4.79 Å². The molecule has 1 fully saturated rings. The Morgan fingerprint density at radius 1 is 1.21 bits per heavy atom. The molecule has 1 heterocycles. The number of carbonyl (C=O) groups excluding carboxylic acids is 1. The van der Waals surface area contributed by atoms with E-state index in [1.165, 1.54) is 5.39 Å². The van der Waals surface area contributed by atoms with E-state index in [1.807, 2.05) is 36.1 Å². The van der Waals surface area contributed by atoms with E-state index in [0.717, 1.165) is 11.1 Å². The zero-order valence-corrected chi connectivity index (χ0v) is 11.4. The molecule has 0 radical (unpaired) electrons. The summed E-state index contributed by atoms with van der Waals surface area (Å²) in [6.45, 7) is 2.54. The van der Waals surface area contributed by atoms with E-state index < -0.39 is 0 Å². The van der Waals surface area contributed by atoms with Crippen LogP contribution in [-0.4, -0.2) is 17.6 Å². The van der Waals surface area contributed by atoms with Crippen LogP contribution >= 0.6 is 12.2 Å². The molecule has 19 heavy (non-hydrogen) atoms. The van der Waals surface area contributed by atoms with Gasteiger partial charge < -0.3 is 10.2 Å². The van der Waals surface area contributed by atoms with Gasteiger partial charge in [0, 0.05) is 11.9 Å². The van der Waals surface area contributed by atoms with Crippen molar-refractivity contribution in [3.8, 4) is 0 Å². The maximum Gasteiger partial charge on any atom is 0.230 e. The highest BCUT2D eigenvalue weighted by Crippen LogP contribution is 2.28. The van der Waals surface area contributed by atoms with Gasteiger partial charge in [-0.1, -0.05) is 43.3 Å². The van der Waals surface area contributed by atoms with Crippen LogP contribution in [0.2, 0.25) is 0 Å². The zero-order valence-electron chi connectivity index (χ0n) is 10.6. The first-order valence-electron chi connectivity index (χ1n) is 6.27. The Balaban J connectivity index is 2.09. The minimum absolute atomic E-state index is 0.00138. The monoisotopic (exact) mass is 270 g/mol. The molecule has 2 aromatic rings. The molecule has 1 unspecified atom stereocenters. The van der Waals surface area contributed by atoms with Crippen molar-refractivity contribution in [3.05, 3.63) is 42.5 Å². The molecule has 3 rings (SSSR count). The molecule has 0 saturated carbocycles. The average Bonchev–Trinajstić information content (AvgIpc) is 2.42. The molecule has 1 N–H and O–H groups in total. The van der Waals surface area contributed by atoms with Gasteiger partial charge in [-0.3, -0.25) is 4.79 Å². The third kappa shape index (κ3) is 2.08. The summed E-state index contributed by atoms with van der Waals surface area (Å²) in [6, 6.07) is 14.3. The lowest BCUT2D eigenvalue weighted by atomic mass is 10.0. The number of anilines is 1. The van der Waals surface area contributed by atoms with Gasteiger partial charge in [-0.15, -0.1) is 0 Å². The molecule has 1 saturated heterocycles. The Kier molecular flexibility index (Phi) is 2.95. The number of hydrogen-bond acceptors (Lipinski definition) is 2. The lowest BCUT2D eigenvalue weighted by molar-refractivity contribution is -0.123. The molecule has 1 aliphatic rings. The second kappa shape index (κ2) is 4.63. The second-order valence-corrected chi connectivity index (χ2v) is 5.19. The fourth-order valence-electron chi connectivity index (χ4n) is 2.39. The van der Waals surface area contributed by atoms with Crippen LogP contribution in [0.4, 0.5) is 5.69 Å². The third-order valence-corrected chi connectivity index (χ3v) is 3.76. The third-order valence-electron chi connectivity index (χ3n) is 3.44. The number of benzene rings is 2. The second-order valence-electron chi connectivity index (χ2n) is 4.80. The van der Waals surface area contributed by atoms with E-state index in [2.05, 4.69) is 23.5 Å². The van der Waals surface area contributed by atoms with E-state index in [1.54, 1.807) is 0 Å². The van der Waals surface area contributed by atoms with E-state index in [4.69, 9.17) is 12.2 Å². The van der Waals surface area contributed by atoms with Crippen LogP contribution in [0, 0.1) is 5.92 Å². The van der Waals surface area contributed by atoms with Crippen LogP contribution in [0.15, 0.2) is 42.5 Å². The Morgan fingerprint density at radius 2 is 1.95 bits per heavy atom. The summed E-state index contributed by atoms with van der Waals surface area (Å²) in [6.07, 6.45) is 0. The number of nitrogens with zero attached hydrogens (tertiary/aromatic N) is 1. The molecular weight excluding hydrogens is 256 g/mol. The number of thiocarbonyl (C=S) groups is 1. The van der Waals surface area contributed by atoms with E-state index >= 15 is 0 Å². The maximum atomic E-state index is 11.6. The van der Waals surface area contributed by atoms with Crippen LogP contribution in [0.25, 0.3) is 10.8 Å². The summed E-state index contributed by atoms with van der Waals surface area (Å²) >= 11 is 5.30. The van der Waals surface area contributed by atoms with Crippen molar-refractivity contribution >= 4 is 39.7 Å². The molecule has 0 bridgehead atoms. The summed E-state index contributed by atoms with van der Waals surface area (Å²) in [5.74, 6) is -0.0628. The molecule has 3 nitrogen and oxygen atoms in total. The highest BCUT2D eigenvalue weighted by Gasteiger charge is 2.28. The number of fused-ring (bicyclic) bond motifs is 1. The van der Waals surface area contributed by atoms with E-state index in [9.17, 15) is 4.79 Å². The Hall–Kier alpha value is -1.94. The number of amides is 1. The van der Waals surface area contributed by atoms with Crippen molar-refractivity contribution in [1.82, 2.24) is 5.32 Å². The van der Waals surface area contributed by atoms with Crippen LogP contribution in [0.5, 0.6) is 0 Å². The van der Waals surface area contributed by atoms with Gasteiger partial charge in [0.25, 0.3) is 0 Å². The van der Waals surface area contributed by atoms with Crippen LogP contribution in [0.3, 0.4) is 0 Å². The number of hydrogen-bond donors (Lipinski definition) is 1. The molecule has 4 heteroatoms. The van der Waals surface area contributed by atoms with Gasteiger partial charge >= 0.3 is 0 Å². The molecule has 2 aromatic carbocycles. The first-order valence-corrected chi connectivity index (χ1v) is 6.68. The van der Waals surface area contributed by atoms with Gasteiger partial charge in [0.05, 0.1) is 11.6 Å². The molecule has 0 aromatic heterocycles. The fourth-order valence-corrected chi connectivity index (χ4v) is 2.66. The number of nitrogens with one attached hydrogen (secondary N) is 1. The summed E-state index contributed by atoms with van der Waals surface area (Å²) in [5.41, 5.74) is 1.05. The van der Waals surface area contributed by atoms with Gasteiger partial charge in [0.15, 0.2) is 5.11 Å². The number of carbonyl (C=O) groups is 1. The van der Waals surface area contributed by atoms with Crippen LogP contribution in [0.1, 0.15) is 6.92 Å². The maximum absolute atomic E-state index is 11.6. The predicted molar refractivity (Wildman–Crippen MR) is 81.2 cm³/mol. The Morgan fingerprint density at radius 3 is 2.79 bits per heavy atom. The van der Waals surface area contributed by atoms with Crippen molar-refractivity contribution in [2.45, 2.75) is 6.92 Å². The SMILES string of the molecule is CC1CN(c2cccc3ccccc23)C(=S)NC1=O. The van der Waals surface area contributed by atoms with Crippen LogP contribution < -0.4 is 10.2 Å². The van der Waals surface area contributed by atoms with Crippen molar-refractivity contribution in [2.24, 2.45) is 5.92 Å². The van der Waals surface area contributed by atoms with Crippen molar-refractivity contribution in [3.63, 3.8) is 0 Å². The molecular formula is C15H14N2OS. The fraction of sp³-hybridized carbons (Fsp3) is 0.200. The summed E-state index contributed by atoms with van der Waals surface area (Å²) in [4.78, 5) is 13.6. The molecule has 96 valence electrons. The largest absolute Gasteiger partial charge is 0.317 e. The Bertz CT molecular complexity index is 663. The normalized spacial score (nSPS) is 19.6. The van der Waals surface area contributed by atoms with Gasteiger partial charge in [-0.2, -0.15) is 0 Å². The number of rotatable bonds is 1. The standard InChI is InChI=1S/C15H14N2OS/c1-10-9-17(15(19)16-14(10)18)13-8-4-6-11-5-2-3-7-12(11)13/h2-8,10H,9H2,1H3,(H,16,18,19).